The van der Waals surface area contributed by atoms with E-state index in [1.54, 1.807) is 0 Å². The summed E-state index contributed by atoms with van der Waals surface area (Å²) in [5, 5.41) is 3.96. The third-order valence-corrected chi connectivity index (χ3v) is 4.26. The van der Waals surface area contributed by atoms with Crippen molar-refractivity contribution in [3.8, 4) is 11.5 Å². The molecule has 0 aliphatic carbocycles. The smallest absolute Gasteiger partial charge is 0.162 e. The average molecular weight is 383 g/mol. The molecule has 0 atom stereocenters. The molecule has 0 radical (unpaired) electrons. The van der Waals surface area contributed by atoms with Gasteiger partial charge in [0.05, 0.1) is 6.61 Å². The second-order valence-electron chi connectivity index (χ2n) is 5.34. The molecule has 0 amide bonds. The van der Waals surface area contributed by atoms with Gasteiger partial charge in [-0.05, 0) is 35.9 Å². The average Bonchev–Trinajstić information content (AvgIpc) is 2.45. The molecule has 0 aromatic heterocycles. The lowest BCUT2D eigenvalue weighted by Gasteiger charge is -2.27. The molecule has 0 unspecified atom stereocenters. The molecule has 1 fully saturated rings. The first-order chi connectivity index (χ1) is 10.7. The van der Waals surface area contributed by atoms with Crippen LogP contribution in [0.1, 0.15) is 5.56 Å². The van der Waals surface area contributed by atoms with Crippen molar-refractivity contribution in [2.24, 2.45) is 5.92 Å². The molecule has 3 nitrogen and oxygen atoms in total. The molecule has 22 heavy (non-hydrogen) atoms. The first-order valence-electron chi connectivity index (χ1n) is 7.21. The van der Waals surface area contributed by atoms with E-state index in [-0.39, 0.29) is 0 Å². The number of rotatable bonds is 6. The number of benzene rings is 2. The van der Waals surface area contributed by atoms with E-state index in [4.69, 9.17) is 21.1 Å². The lowest BCUT2D eigenvalue weighted by atomic mass is 10.1. The summed E-state index contributed by atoms with van der Waals surface area (Å²) in [6, 6.07) is 13.5. The van der Waals surface area contributed by atoms with Crippen LogP contribution in [0.15, 0.2) is 46.9 Å². The number of hydrogen-bond donors (Lipinski definition) is 1. The van der Waals surface area contributed by atoms with Gasteiger partial charge in [-0.15, -0.1) is 0 Å². The minimum absolute atomic E-state index is 0.462. The molecule has 1 aliphatic heterocycles. The van der Waals surface area contributed by atoms with Gasteiger partial charge >= 0.3 is 0 Å². The molecule has 0 spiro atoms. The lowest BCUT2D eigenvalue weighted by molar-refractivity contribution is 0.188. The van der Waals surface area contributed by atoms with Crippen LogP contribution in [0.2, 0.25) is 5.02 Å². The molecule has 0 saturated carbocycles. The maximum atomic E-state index is 5.99. The van der Waals surface area contributed by atoms with Crippen LogP contribution in [0.3, 0.4) is 0 Å². The van der Waals surface area contributed by atoms with Gasteiger partial charge in [-0.2, -0.15) is 0 Å². The maximum absolute atomic E-state index is 5.99. The van der Waals surface area contributed by atoms with Gasteiger partial charge in [0.15, 0.2) is 11.5 Å². The first-order valence-corrected chi connectivity index (χ1v) is 8.38. The van der Waals surface area contributed by atoms with Crippen LogP contribution in [-0.2, 0) is 6.61 Å². The first kappa shape index (κ1) is 15.7. The van der Waals surface area contributed by atoms with Crippen molar-refractivity contribution in [1.82, 2.24) is 5.32 Å². The Morgan fingerprint density at radius 1 is 1.09 bits per heavy atom. The van der Waals surface area contributed by atoms with Crippen molar-refractivity contribution in [2.75, 3.05) is 19.7 Å². The Kier molecular flexibility index (Phi) is 5.24. The molecule has 2 aromatic rings. The van der Waals surface area contributed by atoms with E-state index in [1.165, 1.54) is 0 Å². The predicted molar refractivity (Wildman–Crippen MR) is 91.8 cm³/mol. The minimum atomic E-state index is 0.462. The number of nitrogens with one attached hydrogen (secondary N) is 1. The van der Waals surface area contributed by atoms with E-state index in [1.807, 2.05) is 42.5 Å². The standard InChI is InChI=1S/C17H17BrClNO2/c18-14-4-5-16(17(7-14)22-11-13-8-20-9-13)21-10-12-2-1-3-15(19)6-12/h1-7,13,20H,8-11H2. The molecule has 1 N–H and O–H groups in total. The van der Waals surface area contributed by atoms with Gasteiger partial charge in [-0.1, -0.05) is 39.7 Å². The molecule has 116 valence electrons. The van der Waals surface area contributed by atoms with E-state index in [9.17, 15) is 0 Å². The minimum Gasteiger partial charge on any atom is -0.489 e. The topological polar surface area (TPSA) is 30.5 Å². The summed E-state index contributed by atoms with van der Waals surface area (Å²) in [6.45, 7) is 3.21. The van der Waals surface area contributed by atoms with E-state index < -0.39 is 0 Å². The molecule has 2 aromatic carbocycles. The van der Waals surface area contributed by atoms with Crippen molar-refractivity contribution in [3.63, 3.8) is 0 Å². The van der Waals surface area contributed by atoms with E-state index in [0.717, 1.165) is 34.6 Å². The molecule has 5 heteroatoms. The normalized spacial score (nSPS) is 14.5. The largest absolute Gasteiger partial charge is 0.489 e. The van der Waals surface area contributed by atoms with Crippen molar-refractivity contribution in [3.05, 3.63) is 57.5 Å². The van der Waals surface area contributed by atoms with Crippen LogP contribution < -0.4 is 14.8 Å². The van der Waals surface area contributed by atoms with Crippen LogP contribution in [0.5, 0.6) is 11.5 Å². The lowest BCUT2D eigenvalue weighted by Crippen LogP contribution is -2.45. The molecule has 1 saturated heterocycles. The van der Waals surface area contributed by atoms with Gasteiger partial charge in [0.2, 0.25) is 0 Å². The number of hydrogen-bond acceptors (Lipinski definition) is 3. The fourth-order valence-electron chi connectivity index (χ4n) is 2.18. The summed E-state index contributed by atoms with van der Waals surface area (Å²) in [6.07, 6.45) is 0. The van der Waals surface area contributed by atoms with Gasteiger partial charge in [-0.25, -0.2) is 0 Å². The monoisotopic (exact) mass is 381 g/mol. The van der Waals surface area contributed by atoms with Gasteiger partial charge in [0.25, 0.3) is 0 Å². The quantitative estimate of drug-likeness (QED) is 0.809. The zero-order valence-corrected chi connectivity index (χ0v) is 14.4. The van der Waals surface area contributed by atoms with Crippen LogP contribution in [-0.4, -0.2) is 19.7 Å². The highest BCUT2D eigenvalue weighted by molar-refractivity contribution is 9.10. The predicted octanol–water partition coefficient (Wildman–Crippen LogP) is 4.28. The molecule has 3 rings (SSSR count). The Morgan fingerprint density at radius 3 is 2.68 bits per heavy atom. The molecular weight excluding hydrogens is 366 g/mol. The van der Waals surface area contributed by atoms with Crippen molar-refractivity contribution in [2.45, 2.75) is 6.61 Å². The molecule has 1 heterocycles. The van der Waals surface area contributed by atoms with Crippen molar-refractivity contribution < 1.29 is 9.47 Å². The third-order valence-electron chi connectivity index (χ3n) is 3.53. The van der Waals surface area contributed by atoms with Crippen molar-refractivity contribution >= 4 is 27.5 Å². The van der Waals surface area contributed by atoms with Gasteiger partial charge < -0.3 is 14.8 Å². The van der Waals surface area contributed by atoms with Crippen LogP contribution in [0.4, 0.5) is 0 Å². The maximum Gasteiger partial charge on any atom is 0.162 e. The zero-order chi connectivity index (χ0) is 15.4. The van der Waals surface area contributed by atoms with Crippen LogP contribution in [0, 0.1) is 5.92 Å². The summed E-state index contributed by atoms with van der Waals surface area (Å²) < 4.78 is 12.8. The highest BCUT2D eigenvalue weighted by Gasteiger charge is 2.18. The van der Waals surface area contributed by atoms with Crippen molar-refractivity contribution in [1.29, 1.82) is 0 Å². The summed E-state index contributed by atoms with van der Waals surface area (Å²) in [5.41, 5.74) is 1.03. The Bertz CT molecular complexity index is 646. The summed E-state index contributed by atoms with van der Waals surface area (Å²) in [7, 11) is 0. The second kappa shape index (κ2) is 7.36. The Morgan fingerprint density at radius 2 is 1.95 bits per heavy atom. The van der Waals surface area contributed by atoms with Gasteiger partial charge in [-0.3, -0.25) is 0 Å². The SMILES string of the molecule is Clc1cccc(COc2ccc(Br)cc2OCC2CNC2)c1. The Balaban J connectivity index is 1.66. The Labute approximate surface area is 143 Å². The molecular formula is C17H17BrClNO2. The summed E-state index contributed by atoms with van der Waals surface area (Å²) in [4.78, 5) is 0. The van der Waals surface area contributed by atoms with Crippen LogP contribution >= 0.6 is 27.5 Å². The Hall–Kier alpha value is -1.23. The number of ether oxygens (including phenoxy) is 2. The van der Waals surface area contributed by atoms with E-state index in [0.29, 0.717) is 24.2 Å². The second-order valence-corrected chi connectivity index (χ2v) is 6.70. The fourth-order valence-corrected chi connectivity index (χ4v) is 2.73. The van der Waals surface area contributed by atoms with E-state index >= 15 is 0 Å². The third kappa shape index (κ3) is 4.15. The fraction of sp³-hybridized carbons (Fsp3) is 0.294. The molecule has 0 bridgehead atoms. The number of halogens is 2. The zero-order valence-electron chi connectivity index (χ0n) is 12.0. The highest BCUT2D eigenvalue weighted by atomic mass is 79.9. The highest BCUT2D eigenvalue weighted by Crippen LogP contribution is 2.32. The van der Waals surface area contributed by atoms with Gasteiger partial charge in [0, 0.05) is 28.5 Å². The summed E-state index contributed by atoms with van der Waals surface area (Å²) >= 11 is 9.47. The van der Waals surface area contributed by atoms with Gasteiger partial charge in [0.1, 0.15) is 6.61 Å². The molecule has 1 aliphatic rings. The van der Waals surface area contributed by atoms with Crippen LogP contribution in [0.25, 0.3) is 0 Å². The van der Waals surface area contributed by atoms with E-state index in [2.05, 4.69) is 21.2 Å². The summed E-state index contributed by atoms with van der Waals surface area (Å²) in [5.74, 6) is 2.10.